The summed E-state index contributed by atoms with van der Waals surface area (Å²) in [6.45, 7) is 9.17. The van der Waals surface area contributed by atoms with Gasteiger partial charge >= 0.3 is 0 Å². The highest BCUT2D eigenvalue weighted by Crippen LogP contribution is 2.28. The fourth-order valence-electron chi connectivity index (χ4n) is 3.61. The van der Waals surface area contributed by atoms with Crippen molar-refractivity contribution >= 4 is 5.71 Å². The predicted octanol–water partition coefficient (Wildman–Crippen LogP) is 5.11. The summed E-state index contributed by atoms with van der Waals surface area (Å²) in [4.78, 5) is 7.79. The number of benzene rings is 2. The molecule has 2 heteroatoms. The standard InChI is InChI=1S/C22H28N2/c1-18(19-12-6-4-7-13-19)23-21(20-14-8-5-9-15-20)22(2,3)24-16-10-11-17-24/h4-9,12-15,18H,10-11,16-17H2,1-3H3/t18-/m1/s1. The van der Waals surface area contributed by atoms with Gasteiger partial charge < -0.3 is 0 Å². The molecule has 0 aromatic heterocycles. The van der Waals surface area contributed by atoms with Crippen molar-refractivity contribution in [3.8, 4) is 0 Å². The van der Waals surface area contributed by atoms with E-state index in [-0.39, 0.29) is 11.6 Å². The fraction of sp³-hybridized carbons (Fsp3) is 0.409. The second-order valence-corrected chi connectivity index (χ2v) is 7.18. The minimum absolute atomic E-state index is 0.0547. The topological polar surface area (TPSA) is 15.6 Å². The third-order valence-electron chi connectivity index (χ3n) is 5.13. The third kappa shape index (κ3) is 3.59. The van der Waals surface area contributed by atoms with Crippen molar-refractivity contribution in [2.24, 2.45) is 4.99 Å². The van der Waals surface area contributed by atoms with Crippen molar-refractivity contribution in [3.05, 3.63) is 71.8 Å². The van der Waals surface area contributed by atoms with E-state index >= 15 is 0 Å². The van der Waals surface area contributed by atoms with E-state index in [1.54, 1.807) is 0 Å². The molecule has 3 rings (SSSR count). The Kier molecular flexibility index (Phi) is 5.15. The van der Waals surface area contributed by atoms with Gasteiger partial charge in [-0.05, 0) is 57.8 Å². The highest BCUT2D eigenvalue weighted by Gasteiger charge is 2.35. The Morgan fingerprint density at radius 1 is 0.917 bits per heavy atom. The van der Waals surface area contributed by atoms with E-state index in [2.05, 4.69) is 86.3 Å². The average Bonchev–Trinajstić information content (AvgIpc) is 3.16. The van der Waals surface area contributed by atoms with Crippen LogP contribution in [0.5, 0.6) is 0 Å². The van der Waals surface area contributed by atoms with Crippen LogP contribution in [0.25, 0.3) is 0 Å². The second kappa shape index (κ2) is 7.31. The summed E-state index contributed by atoms with van der Waals surface area (Å²) in [5.41, 5.74) is 3.64. The first-order valence-electron chi connectivity index (χ1n) is 9.03. The molecule has 1 saturated heterocycles. The number of hydrogen-bond donors (Lipinski definition) is 0. The molecular weight excluding hydrogens is 292 g/mol. The van der Waals surface area contributed by atoms with E-state index in [1.807, 2.05) is 0 Å². The summed E-state index contributed by atoms with van der Waals surface area (Å²) < 4.78 is 0. The summed E-state index contributed by atoms with van der Waals surface area (Å²) in [5.74, 6) is 0. The molecule has 1 fully saturated rings. The highest BCUT2D eigenvalue weighted by atomic mass is 15.2. The SMILES string of the molecule is C[C@@H](N=C(c1ccccc1)C(C)(C)N1CCCC1)c1ccccc1. The maximum atomic E-state index is 5.21. The lowest BCUT2D eigenvalue weighted by Gasteiger charge is -2.37. The molecule has 126 valence electrons. The molecule has 2 nitrogen and oxygen atoms in total. The molecule has 1 heterocycles. The van der Waals surface area contributed by atoms with Gasteiger partial charge in [-0.25, -0.2) is 0 Å². The van der Waals surface area contributed by atoms with Crippen LogP contribution in [0.15, 0.2) is 65.7 Å². The van der Waals surface area contributed by atoms with Gasteiger partial charge in [0.05, 0.1) is 17.3 Å². The first-order chi connectivity index (χ1) is 11.6. The minimum Gasteiger partial charge on any atom is -0.293 e. The van der Waals surface area contributed by atoms with Gasteiger partial charge in [-0.2, -0.15) is 0 Å². The molecule has 0 N–H and O–H groups in total. The van der Waals surface area contributed by atoms with E-state index in [0.29, 0.717) is 0 Å². The number of aliphatic imine (C=N–C) groups is 1. The van der Waals surface area contributed by atoms with Crippen LogP contribution < -0.4 is 0 Å². The highest BCUT2D eigenvalue weighted by molar-refractivity contribution is 6.07. The first kappa shape index (κ1) is 16.9. The average molecular weight is 320 g/mol. The summed E-state index contributed by atoms with van der Waals surface area (Å²) in [7, 11) is 0. The largest absolute Gasteiger partial charge is 0.293 e. The summed E-state index contributed by atoms with van der Waals surface area (Å²) >= 11 is 0. The van der Waals surface area contributed by atoms with Gasteiger partial charge in [-0.3, -0.25) is 9.89 Å². The quantitative estimate of drug-likeness (QED) is 0.699. The van der Waals surface area contributed by atoms with E-state index in [0.717, 1.165) is 0 Å². The van der Waals surface area contributed by atoms with Gasteiger partial charge in [0.1, 0.15) is 0 Å². The molecule has 0 amide bonds. The molecule has 2 aromatic carbocycles. The molecule has 1 aliphatic rings. The van der Waals surface area contributed by atoms with E-state index in [1.165, 1.54) is 42.8 Å². The van der Waals surface area contributed by atoms with Crippen molar-refractivity contribution < 1.29 is 0 Å². The summed E-state index contributed by atoms with van der Waals surface area (Å²) in [6, 6.07) is 21.4. The lowest BCUT2D eigenvalue weighted by molar-refractivity contribution is 0.223. The number of rotatable bonds is 5. The Hall–Kier alpha value is -1.93. The number of likely N-dealkylation sites (tertiary alicyclic amines) is 1. The Labute approximate surface area is 146 Å². The predicted molar refractivity (Wildman–Crippen MR) is 103 cm³/mol. The molecular formula is C22H28N2. The van der Waals surface area contributed by atoms with Gasteiger partial charge in [0.15, 0.2) is 0 Å². The van der Waals surface area contributed by atoms with Crippen LogP contribution in [-0.4, -0.2) is 29.2 Å². The van der Waals surface area contributed by atoms with Crippen LogP contribution >= 0.6 is 0 Å². The van der Waals surface area contributed by atoms with Gasteiger partial charge in [-0.1, -0.05) is 60.7 Å². The molecule has 24 heavy (non-hydrogen) atoms. The van der Waals surface area contributed by atoms with Crippen LogP contribution in [0.3, 0.4) is 0 Å². The Bertz CT molecular complexity index is 668. The first-order valence-corrected chi connectivity index (χ1v) is 9.03. The zero-order chi connectivity index (χ0) is 17.0. The lowest BCUT2D eigenvalue weighted by Crippen LogP contribution is -2.49. The zero-order valence-corrected chi connectivity index (χ0v) is 15.1. The summed E-state index contributed by atoms with van der Waals surface area (Å²) in [6.07, 6.45) is 2.58. The summed E-state index contributed by atoms with van der Waals surface area (Å²) in [5, 5.41) is 0. The Morgan fingerprint density at radius 3 is 2.04 bits per heavy atom. The smallest absolute Gasteiger partial charge is 0.0725 e. The van der Waals surface area contributed by atoms with Crippen LogP contribution in [0, 0.1) is 0 Å². The maximum absolute atomic E-state index is 5.21. The van der Waals surface area contributed by atoms with E-state index < -0.39 is 0 Å². The molecule has 0 bridgehead atoms. The molecule has 0 saturated carbocycles. The third-order valence-corrected chi connectivity index (χ3v) is 5.13. The van der Waals surface area contributed by atoms with Crippen LogP contribution in [0.2, 0.25) is 0 Å². The van der Waals surface area contributed by atoms with Crippen molar-refractivity contribution in [3.63, 3.8) is 0 Å². The molecule has 1 atom stereocenters. The number of hydrogen-bond acceptors (Lipinski definition) is 2. The Balaban J connectivity index is 2.00. The molecule has 0 radical (unpaired) electrons. The van der Waals surface area contributed by atoms with Crippen LogP contribution in [-0.2, 0) is 0 Å². The van der Waals surface area contributed by atoms with E-state index in [9.17, 15) is 0 Å². The lowest BCUT2D eigenvalue weighted by atomic mass is 9.90. The second-order valence-electron chi connectivity index (χ2n) is 7.18. The Morgan fingerprint density at radius 2 is 1.46 bits per heavy atom. The van der Waals surface area contributed by atoms with Gasteiger partial charge in [-0.15, -0.1) is 0 Å². The monoisotopic (exact) mass is 320 g/mol. The zero-order valence-electron chi connectivity index (χ0n) is 15.1. The molecule has 0 unspecified atom stereocenters. The molecule has 0 aliphatic carbocycles. The number of nitrogens with zero attached hydrogens (tertiary/aromatic N) is 2. The van der Waals surface area contributed by atoms with Gasteiger partial charge in [0, 0.05) is 0 Å². The van der Waals surface area contributed by atoms with Crippen molar-refractivity contribution in [1.82, 2.24) is 4.90 Å². The molecule has 0 spiro atoms. The van der Waals surface area contributed by atoms with Gasteiger partial charge in [0.25, 0.3) is 0 Å². The molecule has 2 aromatic rings. The molecule has 1 aliphatic heterocycles. The van der Waals surface area contributed by atoms with Crippen molar-refractivity contribution in [1.29, 1.82) is 0 Å². The van der Waals surface area contributed by atoms with Crippen LogP contribution in [0.1, 0.15) is 50.8 Å². The van der Waals surface area contributed by atoms with Crippen molar-refractivity contribution in [2.75, 3.05) is 13.1 Å². The normalized spacial score (nSPS) is 17.9. The minimum atomic E-state index is -0.0547. The maximum Gasteiger partial charge on any atom is 0.0725 e. The van der Waals surface area contributed by atoms with Crippen LogP contribution in [0.4, 0.5) is 0 Å². The van der Waals surface area contributed by atoms with Gasteiger partial charge in [0.2, 0.25) is 0 Å². The van der Waals surface area contributed by atoms with Crippen molar-refractivity contribution in [2.45, 2.75) is 45.2 Å². The fourth-order valence-corrected chi connectivity index (χ4v) is 3.61. The van der Waals surface area contributed by atoms with E-state index in [4.69, 9.17) is 4.99 Å².